The molecular weight excluding hydrogens is 314 g/mol. The summed E-state index contributed by atoms with van der Waals surface area (Å²) in [7, 11) is 2.00. The zero-order valence-corrected chi connectivity index (χ0v) is 16.6. The molecule has 1 heterocycles. The molecule has 1 aliphatic carbocycles. The monoisotopic (exact) mass is 349 g/mol. The number of aliphatic imine (C=N–C) groups is 1. The average molecular weight is 350 g/mol. The van der Waals surface area contributed by atoms with Gasteiger partial charge in [0.1, 0.15) is 0 Å². The molecule has 0 bridgehead atoms. The van der Waals surface area contributed by atoms with Crippen LogP contribution in [0.25, 0.3) is 0 Å². The Hall–Kier alpha value is -1.56. The molecule has 0 saturated heterocycles. The van der Waals surface area contributed by atoms with Crippen molar-refractivity contribution in [1.82, 2.24) is 20.4 Å². The van der Waals surface area contributed by atoms with Crippen LogP contribution in [0.3, 0.4) is 0 Å². The molecule has 1 aliphatic rings. The Balaban J connectivity index is 1.76. The summed E-state index contributed by atoms with van der Waals surface area (Å²) in [6, 6.07) is 0.297. The van der Waals surface area contributed by atoms with Gasteiger partial charge in [0.25, 0.3) is 0 Å². The summed E-state index contributed by atoms with van der Waals surface area (Å²) in [5.41, 5.74) is 3.68. The van der Waals surface area contributed by atoms with E-state index in [0.717, 1.165) is 56.7 Å². The van der Waals surface area contributed by atoms with Crippen LogP contribution in [-0.2, 0) is 18.2 Å². The molecule has 1 aromatic rings. The maximum absolute atomic E-state index is 5.67. The SMILES string of the molecule is CCNC(=NCCCOCC1CC1)NC(C)Cc1c(C)nn(C)c1C. The van der Waals surface area contributed by atoms with Gasteiger partial charge in [0.2, 0.25) is 0 Å². The number of ether oxygens (including phenoxy) is 1. The van der Waals surface area contributed by atoms with Gasteiger partial charge < -0.3 is 15.4 Å². The molecule has 142 valence electrons. The van der Waals surface area contributed by atoms with Gasteiger partial charge in [-0.05, 0) is 64.9 Å². The maximum atomic E-state index is 5.67. The predicted octanol–water partition coefficient (Wildman–Crippen LogP) is 2.34. The molecule has 25 heavy (non-hydrogen) atoms. The van der Waals surface area contributed by atoms with Crippen LogP contribution in [-0.4, -0.2) is 48.1 Å². The van der Waals surface area contributed by atoms with Crippen LogP contribution in [0.15, 0.2) is 4.99 Å². The van der Waals surface area contributed by atoms with Crippen LogP contribution in [0.4, 0.5) is 0 Å². The molecule has 2 N–H and O–H groups in total. The zero-order chi connectivity index (χ0) is 18.2. The van der Waals surface area contributed by atoms with Gasteiger partial charge in [0.05, 0.1) is 5.69 Å². The number of rotatable bonds is 10. The van der Waals surface area contributed by atoms with Crippen LogP contribution in [0, 0.1) is 19.8 Å². The second-order valence-electron chi connectivity index (χ2n) is 7.15. The van der Waals surface area contributed by atoms with E-state index in [0.29, 0.717) is 6.04 Å². The minimum Gasteiger partial charge on any atom is -0.381 e. The van der Waals surface area contributed by atoms with E-state index in [1.54, 1.807) is 0 Å². The second kappa shape index (κ2) is 9.80. The highest BCUT2D eigenvalue weighted by atomic mass is 16.5. The Bertz CT molecular complexity index is 562. The summed E-state index contributed by atoms with van der Waals surface area (Å²) < 4.78 is 7.63. The number of guanidine groups is 1. The lowest BCUT2D eigenvalue weighted by Gasteiger charge is -2.18. The molecule has 6 heteroatoms. The minimum absolute atomic E-state index is 0.297. The summed E-state index contributed by atoms with van der Waals surface area (Å²) >= 11 is 0. The van der Waals surface area contributed by atoms with Crippen LogP contribution in [0.5, 0.6) is 0 Å². The zero-order valence-electron chi connectivity index (χ0n) is 16.6. The molecule has 6 nitrogen and oxygen atoms in total. The van der Waals surface area contributed by atoms with Crippen LogP contribution in [0.2, 0.25) is 0 Å². The van der Waals surface area contributed by atoms with Gasteiger partial charge in [0.15, 0.2) is 5.96 Å². The fraction of sp³-hybridized carbons (Fsp3) is 0.789. The van der Waals surface area contributed by atoms with E-state index < -0.39 is 0 Å². The normalized spacial score (nSPS) is 16.1. The van der Waals surface area contributed by atoms with E-state index in [1.807, 2.05) is 11.7 Å². The Morgan fingerprint density at radius 1 is 1.40 bits per heavy atom. The van der Waals surface area contributed by atoms with Gasteiger partial charge in [-0.1, -0.05) is 0 Å². The standard InChI is InChI=1S/C19H35N5O/c1-6-20-19(21-10-7-11-25-13-17-8-9-17)22-14(2)12-18-15(3)23-24(5)16(18)4/h14,17H,6-13H2,1-5H3,(H2,20,21,22). The number of hydrogen-bond donors (Lipinski definition) is 2. The fourth-order valence-corrected chi connectivity index (χ4v) is 2.92. The molecule has 1 fully saturated rings. The van der Waals surface area contributed by atoms with Crippen molar-refractivity contribution < 1.29 is 4.74 Å². The molecule has 2 rings (SSSR count). The Kier molecular flexibility index (Phi) is 7.75. The van der Waals surface area contributed by atoms with Crippen molar-refractivity contribution in [3.63, 3.8) is 0 Å². The maximum Gasteiger partial charge on any atom is 0.191 e. The largest absolute Gasteiger partial charge is 0.381 e. The minimum atomic E-state index is 0.297. The molecule has 0 aliphatic heterocycles. The topological polar surface area (TPSA) is 63.5 Å². The molecule has 1 saturated carbocycles. The summed E-state index contributed by atoms with van der Waals surface area (Å²) in [5, 5.41) is 11.3. The smallest absolute Gasteiger partial charge is 0.191 e. The van der Waals surface area contributed by atoms with E-state index in [-0.39, 0.29) is 0 Å². The average Bonchev–Trinajstić information content (AvgIpc) is 3.35. The van der Waals surface area contributed by atoms with Crippen molar-refractivity contribution in [2.75, 3.05) is 26.3 Å². The number of aromatic nitrogens is 2. The van der Waals surface area contributed by atoms with Crippen molar-refractivity contribution in [2.24, 2.45) is 18.0 Å². The van der Waals surface area contributed by atoms with Gasteiger partial charge in [-0.2, -0.15) is 5.10 Å². The third-order valence-corrected chi connectivity index (χ3v) is 4.66. The summed E-state index contributed by atoms with van der Waals surface area (Å²) in [5.74, 6) is 1.72. The first-order valence-corrected chi connectivity index (χ1v) is 9.62. The van der Waals surface area contributed by atoms with Gasteiger partial charge in [0, 0.05) is 45.1 Å². The van der Waals surface area contributed by atoms with Crippen molar-refractivity contribution in [3.8, 4) is 0 Å². The first-order chi connectivity index (χ1) is 12.0. The molecule has 1 unspecified atom stereocenters. The third kappa shape index (κ3) is 6.69. The molecule has 0 radical (unpaired) electrons. The number of nitrogens with zero attached hydrogens (tertiary/aromatic N) is 3. The highest BCUT2D eigenvalue weighted by Crippen LogP contribution is 2.28. The van der Waals surface area contributed by atoms with Crippen molar-refractivity contribution in [3.05, 3.63) is 17.0 Å². The lowest BCUT2D eigenvalue weighted by atomic mass is 10.1. The molecule has 1 aromatic heterocycles. The van der Waals surface area contributed by atoms with Crippen LogP contribution in [0.1, 0.15) is 50.1 Å². The Labute approximate surface area is 152 Å². The number of nitrogens with one attached hydrogen (secondary N) is 2. The molecule has 0 amide bonds. The first kappa shape index (κ1) is 19.8. The van der Waals surface area contributed by atoms with Crippen molar-refractivity contribution in [2.45, 2.75) is 59.4 Å². The molecular formula is C19H35N5O. The van der Waals surface area contributed by atoms with E-state index in [2.05, 4.69) is 48.4 Å². The Morgan fingerprint density at radius 3 is 2.76 bits per heavy atom. The van der Waals surface area contributed by atoms with E-state index >= 15 is 0 Å². The quantitative estimate of drug-likeness (QED) is 0.387. The van der Waals surface area contributed by atoms with Gasteiger partial charge in [-0.25, -0.2) is 0 Å². The van der Waals surface area contributed by atoms with Gasteiger partial charge in [-0.15, -0.1) is 0 Å². The van der Waals surface area contributed by atoms with Crippen LogP contribution >= 0.6 is 0 Å². The van der Waals surface area contributed by atoms with E-state index in [4.69, 9.17) is 4.74 Å². The fourth-order valence-electron chi connectivity index (χ4n) is 2.92. The lowest BCUT2D eigenvalue weighted by Crippen LogP contribution is -2.43. The highest BCUT2D eigenvalue weighted by Gasteiger charge is 2.20. The molecule has 0 spiro atoms. The summed E-state index contributed by atoms with van der Waals surface area (Å²) in [6.45, 7) is 11.9. The third-order valence-electron chi connectivity index (χ3n) is 4.66. The van der Waals surface area contributed by atoms with Crippen molar-refractivity contribution >= 4 is 5.96 Å². The highest BCUT2D eigenvalue weighted by molar-refractivity contribution is 5.80. The molecule has 0 aromatic carbocycles. The Morgan fingerprint density at radius 2 is 2.16 bits per heavy atom. The van der Waals surface area contributed by atoms with Gasteiger partial charge >= 0.3 is 0 Å². The number of hydrogen-bond acceptors (Lipinski definition) is 3. The van der Waals surface area contributed by atoms with E-state index in [1.165, 1.54) is 24.1 Å². The first-order valence-electron chi connectivity index (χ1n) is 9.62. The van der Waals surface area contributed by atoms with Crippen molar-refractivity contribution in [1.29, 1.82) is 0 Å². The predicted molar refractivity (Wildman–Crippen MR) is 103 cm³/mol. The second-order valence-corrected chi connectivity index (χ2v) is 7.15. The number of aryl methyl sites for hydroxylation is 2. The summed E-state index contributed by atoms with van der Waals surface area (Å²) in [4.78, 5) is 4.67. The van der Waals surface area contributed by atoms with E-state index in [9.17, 15) is 0 Å². The summed E-state index contributed by atoms with van der Waals surface area (Å²) in [6.07, 6.45) is 4.61. The lowest BCUT2D eigenvalue weighted by molar-refractivity contribution is 0.123. The van der Waals surface area contributed by atoms with Gasteiger partial charge in [-0.3, -0.25) is 9.67 Å². The van der Waals surface area contributed by atoms with Crippen LogP contribution < -0.4 is 10.6 Å². The molecule has 1 atom stereocenters.